The number of benzene rings is 1. The molecule has 0 aliphatic heterocycles. The minimum absolute atomic E-state index is 0.187. The molecule has 2 N–H and O–H groups in total. The predicted molar refractivity (Wildman–Crippen MR) is 74.0 cm³/mol. The molecule has 0 aliphatic rings. The van der Waals surface area contributed by atoms with E-state index >= 15 is 0 Å². The highest BCUT2D eigenvalue weighted by Crippen LogP contribution is 2.22. The quantitative estimate of drug-likeness (QED) is 0.829. The third kappa shape index (κ3) is 3.81. The summed E-state index contributed by atoms with van der Waals surface area (Å²) in [7, 11) is 0. The molecule has 0 aliphatic carbocycles. The van der Waals surface area contributed by atoms with Crippen LogP contribution in [0.4, 0.5) is 0 Å². The highest BCUT2D eigenvalue weighted by Gasteiger charge is 2.38. The van der Waals surface area contributed by atoms with Crippen LogP contribution >= 0.6 is 0 Å². The summed E-state index contributed by atoms with van der Waals surface area (Å²) in [5.41, 5.74) is -0.716. The van der Waals surface area contributed by atoms with Crippen LogP contribution in [0.2, 0.25) is 0 Å². The van der Waals surface area contributed by atoms with Crippen molar-refractivity contribution in [3.05, 3.63) is 35.9 Å². The number of rotatable bonds is 6. The highest BCUT2D eigenvalue weighted by molar-refractivity contribution is 5.97. The first-order valence-electron chi connectivity index (χ1n) is 6.52. The Morgan fingerprint density at radius 3 is 2.26 bits per heavy atom. The second-order valence-corrected chi connectivity index (χ2v) is 5.16. The van der Waals surface area contributed by atoms with Crippen molar-refractivity contribution in [2.75, 3.05) is 0 Å². The zero-order valence-corrected chi connectivity index (χ0v) is 11.6. The first kappa shape index (κ1) is 15.2. The number of carboxylic acids is 1. The van der Waals surface area contributed by atoms with Crippen LogP contribution in [-0.4, -0.2) is 22.5 Å². The van der Waals surface area contributed by atoms with Crippen molar-refractivity contribution >= 4 is 11.9 Å². The Kier molecular flexibility index (Phi) is 5.10. The molecule has 0 saturated carbocycles. The van der Waals surface area contributed by atoms with Crippen molar-refractivity contribution in [1.82, 2.24) is 5.32 Å². The van der Waals surface area contributed by atoms with Gasteiger partial charge < -0.3 is 10.4 Å². The third-order valence-corrected chi connectivity index (χ3v) is 3.16. The average Bonchev–Trinajstić information content (AvgIpc) is 2.38. The van der Waals surface area contributed by atoms with E-state index in [1.165, 1.54) is 0 Å². The van der Waals surface area contributed by atoms with Crippen LogP contribution in [0.25, 0.3) is 0 Å². The van der Waals surface area contributed by atoms with Gasteiger partial charge in [-0.15, -0.1) is 0 Å². The van der Waals surface area contributed by atoms with Gasteiger partial charge in [0.1, 0.15) is 5.54 Å². The average molecular weight is 263 g/mol. The molecule has 4 heteroatoms. The van der Waals surface area contributed by atoms with E-state index in [9.17, 15) is 14.7 Å². The fourth-order valence-electron chi connectivity index (χ4n) is 2.15. The zero-order valence-electron chi connectivity index (χ0n) is 11.6. The smallest absolute Gasteiger partial charge is 0.329 e. The second-order valence-electron chi connectivity index (χ2n) is 5.16. The lowest BCUT2D eigenvalue weighted by Gasteiger charge is -2.31. The molecule has 1 aromatic rings. The van der Waals surface area contributed by atoms with Gasteiger partial charge in [-0.3, -0.25) is 4.79 Å². The van der Waals surface area contributed by atoms with Gasteiger partial charge in [-0.2, -0.15) is 0 Å². The molecular weight excluding hydrogens is 242 g/mol. The summed E-state index contributed by atoms with van der Waals surface area (Å²) in [6.45, 7) is 5.67. The van der Waals surface area contributed by atoms with Gasteiger partial charge in [0.25, 0.3) is 5.91 Å². The number of nitrogens with one attached hydrogen (secondary N) is 1. The van der Waals surface area contributed by atoms with Gasteiger partial charge in [-0.1, -0.05) is 39.0 Å². The van der Waals surface area contributed by atoms with Crippen molar-refractivity contribution in [2.24, 2.45) is 5.92 Å². The van der Waals surface area contributed by atoms with E-state index in [1.807, 2.05) is 19.9 Å². The molecule has 0 fully saturated rings. The molecule has 0 spiro atoms. The summed E-state index contributed by atoms with van der Waals surface area (Å²) in [5, 5.41) is 12.1. The number of amides is 1. The second kappa shape index (κ2) is 6.36. The van der Waals surface area contributed by atoms with Crippen LogP contribution in [0, 0.1) is 5.92 Å². The Morgan fingerprint density at radius 2 is 1.84 bits per heavy atom. The molecule has 0 radical (unpaired) electrons. The van der Waals surface area contributed by atoms with Gasteiger partial charge in [0.15, 0.2) is 0 Å². The van der Waals surface area contributed by atoms with Crippen LogP contribution in [0.3, 0.4) is 0 Å². The van der Waals surface area contributed by atoms with E-state index in [2.05, 4.69) is 5.32 Å². The van der Waals surface area contributed by atoms with Crippen molar-refractivity contribution < 1.29 is 14.7 Å². The molecule has 4 nitrogen and oxygen atoms in total. The maximum absolute atomic E-state index is 12.1. The van der Waals surface area contributed by atoms with E-state index in [4.69, 9.17) is 0 Å². The van der Waals surface area contributed by atoms with Gasteiger partial charge in [-0.25, -0.2) is 4.79 Å². The molecule has 1 aromatic carbocycles. The lowest BCUT2D eigenvalue weighted by atomic mass is 9.86. The molecule has 1 rings (SSSR count). The topological polar surface area (TPSA) is 66.4 Å². The minimum Gasteiger partial charge on any atom is -0.480 e. The number of carboxylic acid groups (broad SMARTS) is 1. The number of aliphatic carboxylic acids is 1. The van der Waals surface area contributed by atoms with Crippen molar-refractivity contribution in [1.29, 1.82) is 0 Å². The summed E-state index contributed by atoms with van der Waals surface area (Å²) in [4.78, 5) is 23.7. The highest BCUT2D eigenvalue weighted by atomic mass is 16.4. The first-order chi connectivity index (χ1) is 8.91. The Labute approximate surface area is 113 Å². The van der Waals surface area contributed by atoms with E-state index < -0.39 is 11.5 Å². The number of carbonyl (C=O) groups is 2. The lowest BCUT2D eigenvalue weighted by Crippen LogP contribution is -2.54. The molecule has 104 valence electrons. The Morgan fingerprint density at radius 1 is 1.26 bits per heavy atom. The van der Waals surface area contributed by atoms with Crippen molar-refractivity contribution in [3.8, 4) is 0 Å². The Bertz CT molecular complexity index is 442. The molecule has 0 saturated heterocycles. The molecule has 1 atom stereocenters. The van der Waals surface area contributed by atoms with E-state index in [0.29, 0.717) is 18.4 Å². The van der Waals surface area contributed by atoms with Crippen molar-refractivity contribution in [3.63, 3.8) is 0 Å². The van der Waals surface area contributed by atoms with Crippen LogP contribution in [0.5, 0.6) is 0 Å². The number of hydrogen-bond acceptors (Lipinski definition) is 2. The number of hydrogen-bond donors (Lipinski definition) is 2. The molecule has 0 bridgehead atoms. The van der Waals surface area contributed by atoms with Gasteiger partial charge in [0, 0.05) is 5.56 Å². The molecule has 1 amide bonds. The monoisotopic (exact) mass is 263 g/mol. The molecule has 19 heavy (non-hydrogen) atoms. The summed E-state index contributed by atoms with van der Waals surface area (Å²) in [6, 6.07) is 8.67. The number of carbonyl (C=O) groups excluding carboxylic acids is 1. The van der Waals surface area contributed by atoms with Gasteiger partial charge in [0.05, 0.1) is 0 Å². The largest absolute Gasteiger partial charge is 0.480 e. The maximum Gasteiger partial charge on any atom is 0.329 e. The van der Waals surface area contributed by atoms with Gasteiger partial charge >= 0.3 is 5.97 Å². The molecular formula is C15H21NO3. The van der Waals surface area contributed by atoms with Crippen molar-refractivity contribution in [2.45, 2.75) is 39.2 Å². The lowest BCUT2D eigenvalue weighted by molar-refractivity contribution is -0.145. The van der Waals surface area contributed by atoms with E-state index in [-0.39, 0.29) is 11.8 Å². The maximum atomic E-state index is 12.1. The minimum atomic E-state index is -1.19. The third-order valence-electron chi connectivity index (χ3n) is 3.16. The van der Waals surface area contributed by atoms with E-state index in [0.717, 1.165) is 0 Å². The van der Waals surface area contributed by atoms with Crippen LogP contribution in [0.1, 0.15) is 44.0 Å². The van der Waals surface area contributed by atoms with Gasteiger partial charge in [-0.05, 0) is 30.9 Å². The Balaban J connectivity index is 2.95. The first-order valence-corrected chi connectivity index (χ1v) is 6.52. The zero-order chi connectivity index (χ0) is 14.5. The fourth-order valence-corrected chi connectivity index (χ4v) is 2.15. The summed E-state index contributed by atoms with van der Waals surface area (Å²) in [5.74, 6) is -1.13. The Hall–Kier alpha value is -1.84. The summed E-state index contributed by atoms with van der Waals surface area (Å²) in [6.07, 6.45) is 0.774. The summed E-state index contributed by atoms with van der Waals surface area (Å²) < 4.78 is 0. The summed E-state index contributed by atoms with van der Waals surface area (Å²) >= 11 is 0. The van der Waals surface area contributed by atoms with E-state index in [1.54, 1.807) is 31.2 Å². The SMILES string of the molecule is CC[C@](CC(C)C)(NC(=O)c1ccccc1)C(=O)O. The molecule has 0 aromatic heterocycles. The fraction of sp³-hybridized carbons (Fsp3) is 0.467. The van der Waals surface area contributed by atoms with Crippen LogP contribution in [-0.2, 0) is 4.79 Å². The van der Waals surface area contributed by atoms with Crippen LogP contribution < -0.4 is 5.32 Å². The molecule has 0 unspecified atom stereocenters. The standard InChI is InChI=1S/C15H21NO3/c1-4-15(14(18)19,10-11(2)3)16-13(17)12-8-6-5-7-9-12/h5-9,11H,4,10H2,1-3H3,(H,16,17)(H,18,19)/t15-/m1/s1. The normalized spacial score (nSPS) is 13.9. The molecule has 0 heterocycles. The predicted octanol–water partition coefficient (Wildman–Crippen LogP) is 2.70. The van der Waals surface area contributed by atoms with Crippen LogP contribution in [0.15, 0.2) is 30.3 Å². The van der Waals surface area contributed by atoms with Gasteiger partial charge in [0.2, 0.25) is 0 Å².